The molecule has 60 valence electrons. The molecule has 0 fully saturated rings. The van der Waals surface area contributed by atoms with Crippen molar-refractivity contribution in [1.29, 1.82) is 0 Å². The molecule has 0 aromatic carbocycles. The van der Waals surface area contributed by atoms with Crippen molar-refractivity contribution < 1.29 is 14.6 Å². The van der Waals surface area contributed by atoms with Gasteiger partial charge in [-0.05, 0) is 13.8 Å². The minimum atomic E-state index is -0.937. The maximum absolute atomic E-state index is 10.0. The highest BCUT2D eigenvalue weighted by Gasteiger charge is 2.08. The lowest BCUT2D eigenvalue weighted by Gasteiger charge is -2.12. The molecule has 0 aliphatic rings. The summed E-state index contributed by atoms with van der Waals surface area (Å²) in [5.41, 5.74) is 5.27. The van der Waals surface area contributed by atoms with E-state index in [-0.39, 0.29) is 12.5 Å². The van der Waals surface area contributed by atoms with Gasteiger partial charge in [-0.15, -0.1) is 0 Å². The molecular formula is C6H13NO3. The van der Waals surface area contributed by atoms with Crippen LogP contribution in [0.4, 0.5) is 0 Å². The number of rotatable bonds is 4. The molecule has 3 N–H and O–H groups in total. The Balaban J connectivity index is 3.43. The van der Waals surface area contributed by atoms with Crippen LogP contribution in [0.3, 0.4) is 0 Å². The van der Waals surface area contributed by atoms with E-state index in [4.69, 9.17) is 15.6 Å². The molecule has 0 bridgehead atoms. The van der Waals surface area contributed by atoms with Gasteiger partial charge in [0.25, 0.3) is 0 Å². The molecule has 0 aromatic rings. The topological polar surface area (TPSA) is 72.5 Å². The fourth-order valence-corrected chi connectivity index (χ4v) is 0.570. The third-order valence-corrected chi connectivity index (χ3v) is 0.823. The van der Waals surface area contributed by atoms with Crippen LogP contribution in [0.1, 0.15) is 20.3 Å². The zero-order chi connectivity index (χ0) is 8.15. The van der Waals surface area contributed by atoms with E-state index in [1.165, 1.54) is 0 Å². The van der Waals surface area contributed by atoms with Crippen molar-refractivity contribution in [3.05, 3.63) is 0 Å². The summed E-state index contributed by atoms with van der Waals surface area (Å²) >= 11 is 0. The quantitative estimate of drug-likeness (QED) is 0.556. The third-order valence-electron chi connectivity index (χ3n) is 0.823. The molecule has 0 aromatic heterocycles. The number of carboxylic acids is 1. The molecule has 0 rings (SSSR count). The van der Waals surface area contributed by atoms with Crippen LogP contribution in [-0.4, -0.2) is 23.4 Å². The summed E-state index contributed by atoms with van der Waals surface area (Å²) in [6.07, 6.45) is -0.843. The van der Waals surface area contributed by atoms with Crippen LogP contribution in [0.15, 0.2) is 0 Å². The van der Waals surface area contributed by atoms with E-state index in [0.717, 1.165) is 0 Å². The Kier molecular flexibility index (Phi) is 3.99. The second kappa shape index (κ2) is 4.24. The first-order valence-corrected chi connectivity index (χ1v) is 3.15. The second-order valence-corrected chi connectivity index (χ2v) is 2.32. The maximum atomic E-state index is 10.0. The zero-order valence-corrected chi connectivity index (χ0v) is 6.20. The van der Waals surface area contributed by atoms with Gasteiger partial charge in [0, 0.05) is 0 Å². The number of ether oxygens (including phenoxy) is 1. The van der Waals surface area contributed by atoms with Gasteiger partial charge in [0.2, 0.25) is 0 Å². The summed E-state index contributed by atoms with van der Waals surface area (Å²) in [5, 5.41) is 8.24. The van der Waals surface area contributed by atoms with E-state index in [1.54, 1.807) is 0 Å². The molecule has 4 heteroatoms. The lowest BCUT2D eigenvalue weighted by Crippen LogP contribution is -2.29. The Bertz CT molecular complexity index is 114. The molecule has 0 aliphatic heterocycles. The van der Waals surface area contributed by atoms with Crippen molar-refractivity contribution >= 4 is 5.97 Å². The van der Waals surface area contributed by atoms with Crippen LogP contribution in [0.2, 0.25) is 0 Å². The van der Waals surface area contributed by atoms with Gasteiger partial charge in [-0.25, -0.2) is 0 Å². The lowest BCUT2D eigenvalue weighted by atomic mass is 10.4. The van der Waals surface area contributed by atoms with Gasteiger partial charge in [0.15, 0.2) is 0 Å². The fraction of sp³-hybridized carbons (Fsp3) is 0.833. The van der Waals surface area contributed by atoms with Crippen LogP contribution < -0.4 is 5.73 Å². The monoisotopic (exact) mass is 147 g/mol. The average molecular weight is 147 g/mol. The van der Waals surface area contributed by atoms with Gasteiger partial charge in [-0.1, -0.05) is 0 Å². The van der Waals surface area contributed by atoms with Crippen LogP contribution >= 0.6 is 0 Å². The van der Waals surface area contributed by atoms with E-state index in [9.17, 15) is 4.79 Å². The van der Waals surface area contributed by atoms with E-state index in [0.29, 0.717) is 0 Å². The molecule has 4 nitrogen and oxygen atoms in total. The first-order valence-electron chi connectivity index (χ1n) is 3.15. The average Bonchev–Trinajstić information content (AvgIpc) is 1.58. The van der Waals surface area contributed by atoms with Gasteiger partial charge < -0.3 is 15.6 Å². The Labute approximate surface area is 60.0 Å². The Morgan fingerprint density at radius 1 is 1.70 bits per heavy atom. The molecule has 0 aliphatic carbocycles. The number of nitrogens with two attached hydrogens (primary N) is 1. The third kappa shape index (κ3) is 5.53. The van der Waals surface area contributed by atoms with Crippen molar-refractivity contribution in [2.45, 2.75) is 32.6 Å². The van der Waals surface area contributed by atoms with Gasteiger partial charge in [-0.2, -0.15) is 0 Å². The van der Waals surface area contributed by atoms with Crippen LogP contribution in [-0.2, 0) is 9.53 Å². The van der Waals surface area contributed by atoms with E-state index in [1.807, 2.05) is 13.8 Å². The van der Waals surface area contributed by atoms with E-state index in [2.05, 4.69) is 0 Å². The molecule has 0 spiro atoms. The Morgan fingerprint density at radius 2 is 2.20 bits per heavy atom. The molecular weight excluding hydrogens is 134 g/mol. The molecule has 0 heterocycles. The normalized spacial score (nSPS) is 13.6. The number of hydrogen-bond donors (Lipinski definition) is 2. The minimum absolute atomic E-state index is 0.0191. The van der Waals surface area contributed by atoms with Crippen LogP contribution in [0, 0.1) is 0 Å². The molecule has 0 saturated heterocycles. The second-order valence-electron chi connectivity index (χ2n) is 2.32. The summed E-state index contributed by atoms with van der Waals surface area (Å²) in [5.74, 6) is -0.937. The van der Waals surface area contributed by atoms with Crippen molar-refractivity contribution in [3.8, 4) is 0 Å². The van der Waals surface area contributed by atoms with Crippen LogP contribution in [0.25, 0.3) is 0 Å². The summed E-state index contributed by atoms with van der Waals surface area (Å²) in [6, 6.07) is 0. The van der Waals surface area contributed by atoms with Crippen LogP contribution in [0.5, 0.6) is 0 Å². The summed E-state index contributed by atoms with van der Waals surface area (Å²) in [7, 11) is 0. The van der Waals surface area contributed by atoms with Crippen molar-refractivity contribution in [2.75, 3.05) is 0 Å². The standard InChI is InChI=1S/C6H13NO3/c1-4(2)10-5(7)3-6(8)9/h4-5H,3,7H2,1-2H3,(H,8,9). The van der Waals surface area contributed by atoms with Gasteiger partial charge in [-0.3, -0.25) is 4.79 Å². The number of aliphatic carboxylic acids is 1. The highest BCUT2D eigenvalue weighted by atomic mass is 16.5. The smallest absolute Gasteiger partial charge is 0.307 e. The number of carbonyl (C=O) groups is 1. The first-order chi connectivity index (χ1) is 4.52. The molecule has 0 amide bonds. The Hall–Kier alpha value is -0.610. The lowest BCUT2D eigenvalue weighted by molar-refractivity contribution is -0.140. The predicted octanol–water partition coefficient (Wildman–Crippen LogP) is 0.171. The molecule has 0 radical (unpaired) electrons. The first kappa shape index (κ1) is 9.39. The largest absolute Gasteiger partial charge is 0.481 e. The van der Waals surface area contributed by atoms with Crippen molar-refractivity contribution in [3.63, 3.8) is 0 Å². The molecule has 1 unspecified atom stereocenters. The molecule has 10 heavy (non-hydrogen) atoms. The number of carboxylic acid groups (broad SMARTS) is 1. The summed E-state index contributed by atoms with van der Waals surface area (Å²) < 4.78 is 4.96. The highest BCUT2D eigenvalue weighted by Crippen LogP contribution is 1.95. The summed E-state index contributed by atoms with van der Waals surface area (Å²) in [4.78, 5) is 10.0. The van der Waals surface area contributed by atoms with E-state index < -0.39 is 12.2 Å². The van der Waals surface area contributed by atoms with Gasteiger partial charge >= 0.3 is 5.97 Å². The maximum Gasteiger partial charge on any atom is 0.307 e. The fourth-order valence-electron chi connectivity index (χ4n) is 0.570. The highest BCUT2D eigenvalue weighted by molar-refractivity contribution is 5.67. The van der Waals surface area contributed by atoms with E-state index >= 15 is 0 Å². The van der Waals surface area contributed by atoms with Crippen molar-refractivity contribution in [1.82, 2.24) is 0 Å². The predicted molar refractivity (Wildman–Crippen MR) is 36.4 cm³/mol. The number of hydrogen-bond acceptors (Lipinski definition) is 3. The molecule has 1 atom stereocenters. The minimum Gasteiger partial charge on any atom is -0.481 e. The Morgan fingerprint density at radius 3 is 2.50 bits per heavy atom. The summed E-state index contributed by atoms with van der Waals surface area (Å²) in [6.45, 7) is 3.61. The SMILES string of the molecule is CC(C)OC(N)CC(=O)O. The van der Waals surface area contributed by atoms with Gasteiger partial charge in [0.05, 0.1) is 12.5 Å². The molecule has 0 saturated carbocycles. The van der Waals surface area contributed by atoms with Crippen molar-refractivity contribution in [2.24, 2.45) is 5.73 Å². The zero-order valence-electron chi connectivity index (χ0n) is 6.20. The van der Waals surface area contributed by atoms with Gasteiger partial charge in [0.1, 0.15) is 6.23 Å².